The van der Waals surface area contributed by atoms with E-state index in [2.05, 4.69) is 5.32 Å². The first-order valence-corrected chi connectivity index (χ1v) is 11.8. The van der Waals surface area contributed by atoms with Crippen molar-refractivity contribution < 1.29 is 45.9 Å². The molecule has 0 aromatic heterocycles. The van der Waals surface area contributed by atoms with Crippen molar-refractivity contribution in [2.75, 3.05) is 20.2 Å². The van der Waals surface area contributed by atoms with E-state index in [0.717, 1.165) is 5.32 Å². The van der Waals surface area contributed by atoms with E-state index in [-0.39, 0.29) is 23.4 Å². The van der Waals surface area contributed by atoms with Crippen LogP contribution in [-0.2, 0) is 25.6 Å². The average molecular weight is 598 g/mol. The Bertz CT molecular complexity index is 1210. The minimum absolute atomic E-state index is 0.117. The fourth-order valence-electron chi connectivity index (χ4n) is 3.08. The van der Waals surface area contributed by atoms with Crippen LogP contribution < -0.4 is 20.7 Å². The molecule has 0 saturated heterocycles. The Balaban J connectivity index is 2.10. The van der Waals surface area contributed by atoms with Gasteiger partial charge in [0.25, 0.3) is 5.91 Å². The van der Waals surface area contributed by atoms with E-state index in [1.54, 1.807) is 18.2 Å². The number of hydrogen-bond donors (Lipinski definition) is 3. The molecule has 0 aliphatic carbocycles. The zero-order valence-electron chi connectivity index (χ0n) is 20.1. The van der Waals surface area contributed by atoms with Gasteiger partial charge in [-0.3, -0.25) is 19.2 Å². The lowest BCUT2D eigenvalue weighted by Crippen LogP contribution is -2.52. The van der Waals surface area contributed by atoms with Crippen molar-refractivity contribution in [1.29, 1.82) is 0 Å². The van der Waals surface area contributed by atoms with Crippen molar-refractivity contribution in [3.63, 3.8) is 0 Å². The van der Waals surface area contributed by atoms with Crippen molar-refractivity contribution in [2.45, 2.75) is 31.0 Å². The molecule has 0 heterocycles. The number of rotatable bonds is 12. The summed E-state index contributed by atoms with van der Waals surface area (Å²) < 4.78 is 69.6. The summed E-state index contributed by atoms with van der Waals surface area (Å²) in [7, 11) is 1.39. The second-order valence-corrected chi connectivity index (χ2v) is 8.85. The standard InChI is InChI=1S/C24H22Cl2F5N3O5/c1-39-15-6-4-14(5-7-15)20(34-19(36)9-3-13-2-8-16(25)17(26)10-13)21(37)32-11-18(35)24(30,31)22(38)33-12-23(27,28)29/h2,4-8,10,20H,3,9,11-12H2,1H3,(H,32,37)(H,33,38)(H,34,36). The molecule has 2 rings (SSSR count). The number of nitrogens with one attached hydrogen (secondary N) is 3. The molecule has 0 spiro atoms. The molecular formula is C24H22Cl2F5N3O5. The van der Waals surface area contributed by atoms with Gasteiger partial charge in [0.05, 0.1) is 23.7 Å². The largest absolute Gasteiger partial charge is 0.497 e. The summed E-state index contributed by atoms with van der Waals surface area (Å²) >= 11 is 11.8. The predicted octanol–water partition coefficient (Wildman–Crippen LogP) is 3.79. The van der Waals surface area contributed by atoms with Gasteiger partial charge < -0.3 is 20.7 Å². The predicted molar refractivity (Wildman–Crippen MR) is 131 cm³/mol. The van der Waals surface area contributed by atoms with Crippen LogP contribution in [0.25, 0.3) is 0 Å². The molecule has 39 heavy (non-hydrogen) atoms. The number of halogens is 7. The Morgan fingerprint density at radius 1 is 0.923 bits per heavy atom. The molecule has 2 aromatic carbocycles. The first kappa shape index (κ1) is 31.8. The summed E-state index contributed by atoms with van der Waals surface area (Å²) in [6.45, 7) is -3.48. The summed E-state index contributed by atoms with van der Waals surface area (Å²) in [6.07, 6.45) is -4.89. The highest BCUT2D eigenvalue weighted by Gasteiger charge is 2.47. The summed E-state index contributed by atoms with van der Waals surface area (Å²) in [5, 5.41) is 5.84. The lowest BCUT2D eigenvalue weighted by atomic mass is 10.0. The van der Waals surface area contributed by atoms with Gasteiger partial charge in [0.2, 0.25) is 17.6 Å². The molecular weight excluding hydrogens is 576 g/mol. The maximum absolute atomic E-state index is 14.0. The van der Waals surface area contributed by atoms with Gasteiger partial charge in [0.1, 0.15) is 18.3 Å². The topological polar surface area (TPSA) is 114 Å². The molecule has 212 valence electrons. The first-order chi connectivity index (χ1) is 18.1. The molecule has 1 atom stereocenters. The van der Waals surface area contributed by atoms with E-state index in [1.807, 2.05) is 5.32 Å². The molecule has 2 aromatic rings. The third-order valence-corrected chi connectivity index (χ3v) is 5.89. The van der Waals surface area contributed by atoms with Gasteiger partial charge in [-0.05, 0) is 41.8 Å². The van der Waals surface area contributed by atoms with Gasteiger partial charge in [0, 0.05) is 6.42 Å². The van der Waals surface area contributed by atoms with Gasteiger partial charge >= 0.3 is 12.1 Å². The molecule has 0 radical (unpaired) electrons. The van der Waals surface area contributed by atoms with Crippen molar-refractivity contribution in [1.82, 2.24) is 16.0 Å². The van der Waals surface area contributed by atoms with Crippen LogP contribution in [0, 0.1) is 0 Å². The van der Waals surface area contributed by atoms with Crippen LogP contribution in [0.2, 0.25) is 10.0 Å². The molecule has 3 amide bonds. The van der Waals surface area contributed by atoms with E-state index >= 15 is 0 Å². The van der Waals surface area contributed by atoms with Crippen molar-refractivity contribution in [3.05, 3.63) is 63.6 Å². The highest BCUT2D eigenvalue weighted by Crippen LogP contribution is 2.24. The number of amides is 3. The van der Waals surface area contributed by atoms with Crippen LogP contribution in [0.15, 0.2) is 42.5 Å². The van der Waals surface area contributed by atoms with Gasteiger partial charge in [-0.1, -0.05) is 41.4 Å². The third kappa shape index (κ3) is 9.66. The zero-order chi connectivity index (χ0) is 29.4. The van der Waals surface area contributed by atoms with Gasteiger partial charge in [-0.15, -0.1) is 0 Å². The molecule has 0 bridgehead atoms. The lowest BCUT2D eigenvalue weighted by Gasteiger charge is -2.20. The maximum atomic E-state index is 14.0. The highest BCUT2D eigenvalue weighted by atomic mass is 35.5. The monoisotopic (exact) mass is 597 g/mol. The molecule has 0 aliphatic rings. The minimum Gasteiger partial charge on any atom is -0.497 e. The number of methoxy groups -OCH3 is 1. The van der Waals surface area contributed by atoms with Crippen LogP contribution in [0.5, 0.6) is 5.75 Å². The number of aryl methyl sites for hydroxylation is 1. The Kier molecular flexibility index (Phi) is 11.0. The van der Waals surface area contributed by atoms with Crippen LogP contribution in [0.1, 0.15) is 23.6 Å². The second kappa shape index (κ2) is 13.6. The Labute approximate surface area is 229 Å². The Morgan fingerprint density at radius 2 is 1.56 bits per heavy atom. The molecule has 15 heteroatoms. The summed E-state index contributed by atoms with van der Waals surface area (Å²) in [5.41, 5.74) is 0.861. The number of hydrogen-bond acceptors (Lipinski definition) is 5. The smallest absolute Gasteiger partial charge is 0.405 e. The summed E-state index contributed by atoms with van der Waals surface area (Å²) in [6, 6.07) is 9.02. The molecule has 0 saturated carbocycles. The first-order valence-electron chi connectivity index (χ1n) is 11.0. The number of carbonyl (C=O) groups excluding carboxylic acids is 4. The van der Waals surface area contributed by atoms with Crippen LogP contribution >= 0.6 is 23.2 Å². The van der Waals surface area contributed by atoms with Crippen molar-refractivity contribution in [2.24, 2.45) is 0 Å². The van der Waals surface area contributed by atoms with E-state index < -0.39 is 54.7 Å². The molecule has 1 unspecified atom stereocenters. The van der Waals surface area contributed by atoms with Gasteiger partial charge in [-0.25, -0.2) is 0 Å². The minimum atomic E-state index is -4.98. The van der Waals surface area contributed by atoms with Crippen LogP contribution in [0.4, 0.5) is 22.0 Å². The zero-order valence-corrected chi connectivity index (χ0v) is 21.6. The maximum Gasteiger partial charge on any atom is 0.405 e. The molecule has 0 fully saturated rings. The third-order valence-electron chi connectivity index (χ3n) is 5.15. The SMILES string of the molecule is COc1ccc(C(NC(=O)CCc2ccc(Cl)c(Cl)c2)C(=O)NCC(=O)C(F)(F)C(=O)NCC(F)(F)F)cc1. The Morgan fingerprint density at radius 3 is 2.13 bits per heavy atom. The van der Waals surface area contributed by atoms with Crippen LogP contribution in [0.3, 0.4) is 0 Å². The molecule has 3 N–H and O–H groups in total. The second-order valence-electron chi connectivity index (χ2n) is 8.04. The van der Waals surface area contributed by atoms with Crippen LogP contribution in [-0.4, -0.2) is 55.8 Å². The number of ether oxygens (including phenoxy) is 1. The number of benzene rings is 2. The van der Waals surface area contributed by atoms with E-state index in [0.29, 0.717) is 16.3 Å². The van der Waals surface area contributed by atoms with Crippen molar-refractivity contribution in [3.8, 4) is 5.75 Å². The normalized spacial score (nSPS) is 12.3. The van der Waals surface area contributed by atoms with Gasteiger partial charge in [-0.2, -0.15) is 22.0 Å². The number of alkyl halides is 5. The molecule has 0 aliphatic heterocycles. The number of carbonyl (C=O) groups is 4. The number of Topliss-reactive ketones (excluding diaryl/α,β-unsaturated/α-hetero) is 1. The molecule has 8 nitrogen and oxygen atoms in total. The number of ketones is 1. The Hall–Kier alpha value is -3.45. The lowest BCUT2D eigenvalue weighted by molar-refractivity contribution is -0.163. The van der Waals surface area contributed by atoms with E-state index in [4.69, 9.17) is 27.9 Å². The van der Waals surface area contributed by atoms with E-state index in [1.165, 1.54) is 31.4 Å². The highest BCUT2D eigenvalue weighted by molar-refractivity contribution is 6.42. The van der Waals surface area contributed by atoms with E-state index in [9.17, 15) is 41.1 Å². The summed E-state index contributed by atoms with van der Waals surface area (Å²) in [4.78, 5) is 48.7. The fraction of sp³-hybridized carbons (Fsp3) is 0.333. The average Bonchev–Trinajstić information content (AvgIpc) is 2.88. The summed E-state index contributed by atoms with van der Waals surface area (Å²) in [5.74, 6) is -10.8. The quantitative estimate of drug-likeness (QED) is 0.254. The van der Waals surface area contributed by atoms with Gasteiger partial charge in [0.15, 0.2) is 0 Å². The van der Waals surface area contributed by atoms with Crippen molar-refractivity contribution >= 4 is 46.7 Å². The fourth-order valence-corrected chi connectivity index (χ4v) is 3.40.